The molecule has 3 aromatic rings. The van der Waals surface area contributed by atoms with E-state index in [4.69, 9.17) is 0 Å². The van der Waals surface area contributed by atoms with Crippen LogP contribution in [0.5, 0.6) is 0 Å². The van der Waals surface area contributed by atoms with Gasteiger partial charge in [-0.1, -0.05) is 18.2 Å². The maximum Gasteiger partial charge on any atom is 0.355 e. The summed E-state index contributed by atoms with van der Waals surface area (Å²) in [6.07, 6.45) is 2.57. The number of non-ortho nitro benzene ring substituents is 1. The second-order valence-electron chi connectivity index (χ2n) is 6.30. The Morgan fingerprint density at radius 3 is 2.29 bits per heavy atom. The van der Waals surface area contributed by atoms with Crippen molar-refractivity contribution in [2.45, 2.75) is 13.3 Å². The molecule has 1 amide bonds. The number of nitro groups is 2. The van der Waals surface area contributed by atoms with Crippen molar-refractivity contribution in [2.24, 2.45) is 0 Å². The van der Waals surface area contributed by atoms with Crippen LogP contribution in [0.2, 0.25) is 0 Å². The van der Waals surface area contributed by atoms with Gasteiger partial charge in [-0.05, 0) is 24.1 Å². The minimum atomic E-state index is -0.693. The van der Waals surface area contributed by atoms with E-state index in [1.807, 2.05) is 6.92 Å². The van der Waals surface area contributed by atoms with Crippen molar-refractivity contribution >= 4 is 34.7 Å². The average molecular weight is 424 g/mol. The second-order valence-corrected chi connectivity index (χ2v) is 6.30. The average Bonchev–Trinajstić information content (AvgIpc) is 2.74. The first-order valence-corrected chi connectivity index (χ1v) is 8.80. The van der Waals surface area contributed by atoms with Crippen LogP contribution in [0.3, 0.4) is 0 Å². The van der Waals surface area contributed by atoms with Gasteiger partial charge in [0, 0.05) is 18.3 Å². The lowest BCUT2D eigenvalue weighted by molar-refractivity contribution is -0.384. The van der Waals surface area contributed by atoms with Gasteiger partial charge in [-0.3, -0.25) is 35.9 Å². The summed E-state index contributed by atoms with van der Waals surface area (Å²) in [4.78, 5) is 45.0. The van der Waals surface area contributed by atoms with Crippen LogP contribution >= 0.6 is 0 Å². The number of benzene rings is 1. The second kappa shape index (κ2) is 9.21. The third kappa shape index (κ3) is 5.44. The zero-order chi connectivity index (χ0) is 22.4. The number of hydrogen-bond acceptors (Lipinski definition) is 10. The summed E-state index contributed by atoms with van der Waals surface area (Å²) in [7, 11) is 0. The van der Waals surface area contributed by atoms with Gasteiger partial charge < -0.3 is 5.32 Å². The summed E-state index contributed by atoms with van der Waals surface area (Å²) in [5.41, 5.74) is 5.60. The molecule has 3 rings (SSSR count). The van der Waals surface area contributed by atoms with Crippen molar-refractivity contribution < 1.29 is 14.6 Å². The maximum absolute atomic E-state index is 12.1. The normalized spacial score (nSPS) is 10.2. The highest BCUT2D eigenvalue weighted by molar-refractivity contribution is 5.81. The molecule has 0 saturated carbocycles. The number of carbonyl (C=O) groups excluding carboxylic acids is 1. The summed E-state index contributed by atoms with van der Waals surface area (Å²) in [5.74, 6) is -0.521. The van der Waals surface area contributed by atoms with Crippen molar-refractivity contribution in [1.29, 1.82) is 0 Å². The van der Waals surface area contributed by atoms with Gasteiger partial charge in [0.1, 0.15) is 12.1 Å². The number of anilines is 3. The number of nitro benzene ring substituents is 1. The molecule has 0 unspecified atom stereocenters. The van der Waals surface area contributed by atoms with E-state index >= 15 is 0 Å². The molecule has 1 aromatic carbocycles. The topological polar surface area (TPSA) is 178 Å². The Morgan fingerprint density at radius 2 is 1.68 bits per heavy atom. The molecule has 0 saturated heterocycles. The molecule has 0 fully saturated rings. The summed E-state index contributed by atoms with van der Waals surface area (Å²) >= 11 is 0. The monoisotopic (exact) mass is 424 g/mol. The Morgan fingerprint density at radius 1 is 0.968 bits per heavy atom. The van der Waals surface area contributed by atoms with E-state index in [0.29, 0.717) is 11.4 Å². The van der Waals surface area contributed by atoms with Gasteiger partial charge in [0.15, 0.2) is 0 Å². The highest BCUT2D eigenvalue weighted by Gasteiger charge is 2.24. The number of nitrogens with zero attached hydrogens (tertiary/aromatic N) is 5. The van der Waals surface area contributed by atoms with E-state index < -0.39 is 21.4 Å². The molecule has 0 bridgehead atoms. The van der Waals surface area contributed by atoms with E-state index in [1.54, 1.807) is 18.3 Å². The molecule has 13 heteroatoms. The number of carbonyl (C=O) groups is 1. The molecule has 0 spiro atoms. The number of nitrogens with one attached hydrogen (secondary N) is 3. The molecule has 2 heterocycles. The van der Waals surface area contributed by atoms with Crippen LogP contribution in [0, 0.1) is 27.2 Å². The van der Waals surface area contributed by atoms with E-state index in [1.165, 1.54) is 24.3 Å². The molecular formula is C18H16N8O5. The Labute approximate surface area is 174 Å². The standard InChI is InChI=1S/C18H16N8O5/c1-11-2-7-14(19-9-11)22-17-16(26(30)31)18(21-10-20-17)24-23-15(27)8-12-3-5-13(6-4-12)25(28)29/h2-7,9-10H,8H2,1H3,(H,23,27)(H2,19,20,21,22,24). The predicted octanol–water partition coefficient (Wildman–Crippen LogP) is 2.43. The maximum atomic E-state index is 12.1. The van der Waals surface area contributed by atoms with E-state index in [-0.39, 0.29) is 23.7 Å². The van der Waals surface area contributed by atoms with Gasteiger partial charge in [0.25, 0.3) is 5.69 Å². The van der Waals surface area contributed by atoms with E-state index in [9.17, 15) is 25.0 Å². The molecule has 13 nitrogen and oxygen atoms in total. The fraction of sp³-hybridized carbons (Fsp3) is 0.111. The Balaban J connectivity index is 1.70. The summed E-state index contributed by atoms with van der Waals surface area (Å²) in [6, 6.07) is 8.87. The SMILES string of the molecule is Cc1ccc(Nc2ncnc(NNC(=O)Cc3ccc([N+](=O)[O-])cc3)c2[N+](=O)[O-])nc1. The molecule has 31 heavy (non-hydrogen) atoms. The predicted molar refractivity (Wildman–Crippen MR) is 110 cm³/mol. The molecule has 0 aliphatic rings. The van der Waals surface area contributed by atoms with Crippen molar-refractivity contribution in [1.82, 2.24) is 20.4 Å². The van der Waals surface area contributed by atoms with E-state index in [0.717, 1.165) is 11.9 Å². The molecule has 0 aliphatic heterocycles. The van der Waals surface area contributed by atoms with Crippen LogP contribution in [0.4, 0.5) is 28.8 Å². The summed E-state index contributed by atoms with van der Waals surface area (Å²) in [6.45, 7) is 1.85. The smallest absolute Gasteiger partial charge is 0.319 e. The fourth-order valence-electron chi connectivity index (χ4n) is 2.49. The highest BCUT2D eigenvalue weighted by atomic mass is 16.6. The lowest BCUT2D eigenvalue weighted by atomic mass is 10.1. The van der Waals surface area contributed by atoms with Crippen molar-refractivity contribution in [3.8, 4) is 0 Å². The minimum Gasteiger partial charge on any atom is -0.319 e. The first-order chi connectivity index (χ1) is 14.8. The largest absolute Gasteiger partial charge is 0.355 e. The molecule has 3 N–H and O–H groups in total. The quantitative estimate of drug-likeness (QED) is 0.359. The number of rotatable bonds is 8. The van der Waals surface area contributed by atoms with Gasteiger partial charge in [0.05, 0.1) is 16.3 Å². The van der Waals surface area contributed by atoms with Crippen LogP contribution in [0.1, 0.15) is 11.1 Å². The van der Waals surface area contributed by atoms with Gasteiger partial charge in [-0.2, -0.15) is 0 Å². The molecule has 0 aliphatic carbocycles. The Kier molecular flexibility index (Phi) is 6.25. The summed E-state index contributed by atoms with van der Waals surface area (Å²) < 4.78 is 0. The van der Waals surface area contributed by atoms with Crippen LogP contribution in [0.15, 0.2) is 48.9 Å². The van der Waals surface area contributed by atoms with Crippen LogP contribution in [-0.2, 0) is 11.2 Å². The first-order valence-electron chi connectivity index (χ1n) is 8.80. The highest BCUT2D eigenvalue weighted by Crippen LogP contribution is 2.30. The van der Waals surface area contributed by atoms with Gasteiger partial charge in [-0.15, -0.1) is 0 Å². The van der Waals surface area contributed by atoms with Crippen LogP contribution < -0.4 is 16.2 Å². The zero-order valence-electron chi connectivity index (χ0n) is 16.1. The Hall–Kier alpha value is -4.68. The number of pyridine rings is 1. The molecular weight excluding hydrogens is 408 g/mol. The van der Waals surface area contributed by atoms with Crippen molar-refractivity contribution in [2.75, 3.05) is 10.7 Å². The van der Waals surface area contributed by atoms with E-state index in [2.05, 4.69) is 31.1 Å². The Bertz CT molecular complexity index is 1120. The summed E-state index contributed by atoms with van der Waals surface area (Å²) in [5, 5.41) is 25.0. The lowest BCUT2D eigenvalue weighted by Crippen LogP contribution is -2.31. The van der Waals surface area contributed by atoms with Gasteiger partial charge in [-0.25, -0.2) is 15.0 Å². The van der Waals surface area contributed by atoms with Gasteiger partial charge >= 0.3 is 5.69 Å². The van der Waals surface area contributed by atoms with Crippen molar-refractivity contribution in [3.05, 3.63) is 80.3 Å². The van der Waals surface area contributed by atoms with Crippen molar-refractivity contribution in [3.63, 3.8) is 0 Å². The molecule has 2 aromatic heterocycles. The molecule has 158 valence electrons. The lowest BCUT2D eigenvalue weighted by Gasteiger charge is -2.10. The number of hydrogen-bond donors (Lipinski definition) is 3. The van der Waals surface area contributed by atoms with Crippen LogP contribution in [0.25, 0.3) is 0 Å². The number of aryl methyl sites for hydroxylation is 1. The third-order valence-corrected chi connectivity index (χ3v) is 3.99. The molecule has 0 atom stereocenters. The first kappa shape index (κ1) is 21.0. The third-order valence-electron chi connectivity index (χ3n) is 3.99. The number of amides is 1. The van der Waals surface area contributed by atoms with Gasteiger partial charge in [0.2, 0.25) is 17.5 Å². The fourth-order valence-corrected chi connectivity index (χ4v) is 2.49. The molecule has 0 radical (unpaired) electrons. The number of aromatic nitrogens is 3. The zero-order valence-corrected chi connectivity index (χ0v) is 16.1. The van der Waals surface area contributed by atoms with Crippen LogP contribution in [-0.4, -0.2) is 30.7 Å². The number of hydrazine groups is 1. The minimum absolute atomic E-state index is 0.0954.